The average molecular weight is 351 g/mol. The molecule has 134 valence electrons. The second kappa shape index (κ2) is 8.20. The van der Waals surface area contributed by atoms with Crippen LogP contribution in [-0.4, -0.2) is 27.0 Å². The highest BCUT2D eigenvalue weighted by Crippen LogP contribution is 2.19. The number of carbonyl (C=O) groups is 1. The summed E-state index contributed by atoms with van der Waals surface area (Å²) >= 11 is 0. The quantitative estimate of drug-likeness (QED) is 0.641. The van der Waals surface area contributed by atoms with E-state index in [4.69, 9.17) is 4.74 Å². The fourth-order valence-corrected chi connectivity index (χ4v) is 2.50. The number of aromatic hydroxyl groups is 1. The maximum Gasteiger partial charge on any atom is 0.244 e. The first-order valence-corrected chi connectivity index (χ1v) is 8.50. The number of nitrogens with zero attached hydrogens (tertiary/aromatic N) is 2. The molecule has 0 bridgehead atoms. The minimum atomic E-state index is -0.225. The van der Waals surface area contributed by atoms with E-state index in [1.165, 1.54) is 6.08 Å². The largest absolute Gasteiger partial charge is 0.504 e. The maximum atomic E-state index is 12.1. The summed E-state index contributed by atoms with van der Waals surface area (Å²) < 4.78 is 7.39. The zero-order valence-electron chi connectivity index (χ0n) is 14.6. The van der Waals surface area contributed by atoms with Gasteiger partial charge in [-0.2, -0.15) is 0 Å². The molecule has 26 heavy (non-hydrogen) atoms. The van der Waals surface area contributed by atoms with E-state index in [-0.39, 0.29) is 18.2 Å². The Kier molecular flexibility index (Phi) is 5.53. The number of fused-ring (bicyclic) bond motifs is 1. The van der Waals surface area contributed by atoms with Crippen molar-refractivity contribution < 1.29 is 14.6 Å². The van der Waals surface area contributed by atoms with Crippen LogP contribution in [0.15, 0.2) is 54.9 Å². The third-order valence-corrected chi connectivity index (χ3v) is 3.75. The Labute approximate surface area is 151 Å². The van der Waals surface area contributed by atoms with Gasteiger partial charge in [-0.1, -0.05) is 25.1 Å². The van der Waals surface area contributed by atoms with E-state index in [1.54, 1.807) is 35.0 Å². The van der Waals surface area contributed by atoms with Crippen molar-refractivity contribution in [1.82, 2.24) is 14.7 Å². The van der Waals surface area contributed by atoms with Crippen molar-refractivity contribution >= 4 is 17.6 Å². The molecular formula is C20H21N3O3. The standard InChI is InChI=1S/C20H21N3O3/c1-2-12-26-18-8-4-3-6-15(18)9-10-19(25)21-13-16-14-23-11-5-7-17(24)20(23)22-16/h3-11,14,24H,2,12-13H2,1H3,(H,21,25)/b10-9+. The molecule has 0 fully saturated rings. The first kappa shape index (κ1) is 17.5. The summed E-state index contributed by atoms with van der Waals surface area (Å²) in [4.78, 5) is 16.4. The topological polar surface area (TPSA) is 75.9 Å². The number of imidazole rings is 1. The lowest BCUT2D eigenvalue weighted by Gasteiger charge is -2.07. The van der Waals surface area contributed by atoms with Gasteiger partial charge in [-0.3, -0.25) is 4.79 Å². The summed E-state index contributed by atoms with van der Waals surface area (Å²) in [6.07, 6.45) is 7.69. The average Bonchev–Trinajstić information content (AvgIpc) is 3.08. The molecule has 3 rings (SSSR count). The number of pyridine rings is 1. The lowest BCUT2D eigenvalue weighted by Crippen LogP contribution is -2.20. The van der Waals surface area contributed by atoms with Gasteiger partial charge in [0.05, 0.1) is 18.8 Å². The Balaban J connectivity index is 1.62. The van der Waals surface area contributed by atoms with Gasteiger partial charge >= 0.3 is 0 Å². The molecule has 1 amide bonds. The summed E-state index contributed by atoms with van der Waals surface area (Å²) in [5.74, 6) is 0.638. The van der Waals surface area contributed by atoms with E-state index in [0.29, 0.717) is 17.9 Å². The van der Waals surface area contributed by atoms with E-state index in [1.807, 2.05) is 31.2 Å². The van der Waals surface area contributed by atoms with Crippen LogP contribution < -0.4 is 10.1 Å². The second-order valence-electron chi connectivity index (χ2n) is 5.79. The zero-order valence-corrected chi connectivity index (χ0v) is 14.6. The van der Waals surface area contributed by atoms with Gasteiger partial charge in [-0.05, 0) is 30.7 Å². The second-order valence-corrected chi connectivity index (χ2v) is 5.79. The van der Waals surface area contributed by atoms with Crippen LogP contribution in [0, 0.1) is 0 Å². The van der Waals surface area contributed by atoms with Crippen molar-refractivity contribution in [2.75, 3.05) is 6.61 Å². The first-order valence-electron chi connectivity index (χ1n) is 8.50. The van der Waals surface area contributed by atoms with Gasteiger partial charge in [-0.15, -0.1) is 0 Å². The van der Waals surface area contributed by atoms with Crippen molar-refractivity contribution in [3.63, 3.8) is 0 Å². The van der Waals surface area contributed by atoms with Gasteiger partial charge < -0.3 is 19.6 Å². The van der Waals surface area contributed by atoms with E-state index in [9.17, 15) is 9.90 Å². The van der Waals surface area contributed by atoms with Crippen molar-refractivity contribution in [1.29, 1.82) is 0 Å². The molecule has 0 aliphatic carbocycles. The highest BCUT2D eigenvalue weighted by molar-refractivity contribution is 5.92. The first-order chi connectivity index (χ1) is 12.7. The molecule has 6 heteroatoms. The van der Waals surface area contributed by atoms with E-state index in [0.717, 1.165) is 17.7 Å². The minimum absolute atomic E-state index is 0.105. The summed E-state index contributed by atoms with van der Waals surface area (Å²) in [7, 11) is 0. The minimum Gasteiger partial charge on any atom is -0.504 e. The normalized spacial score (nSPS) is 11.1. The van der Waals surface area contributed by atoms with Gasteiger partial charge in [0.25, 0.3) is 0 Å². The molecular weight excluding hydrogens is 330 g/mol. The monoisotopic (exact) mass is 351 g/mol. The summed E-state index contributed by atoms with van der Waals surface area (Å²) in [5, 5.41) is 12.6. The Morgan fingerprint density at radius 2 is 2.15 bits per heavy atom. The number of para-hydroxylation sites is 1. The van der Waals surface area contributed by atoms with Crippen LogP contribution in [0.2, 0.25) is 0 Å². The van der Waals surface area contributed by atoms with Crippen LogP contribution in [0.1, 0.15) is 24.6 Å². The Bertz CT molecular complexity index is 931. The number of hydrogen-bond acceptors (Lipinski definition) is 4. The number of benzene rings is 1. The number of hydrogen-bond donors (Lipinski definition) is 2. The van der Waals surface area contributed by atoms with Crippen molar-refractivity contribution in [3.8, 4) is 11.5 Å². The molecule has 1 aromatic carbocycles. The Hall–Kier alpha value is -3.28. The van der Waals surface area contributed by atoms with E-state index < -0.39 is 0 Å². The molecule has 0 atom stereocenters. The van der Waals surface area contributed by atoms with Crippen LogP contribution in [-0.2, 0) is 11.3 Å². The van der Waals surface area contributed by atoms with Gasteiger partial charge in [0.1, 0.15) is 5.75 Å². The molecule has 2 N–H and O–H groups in total. The van der Waals surface area contributed by atoms with Gasteiger partial charge in [0.15, 0.2) is 11.4 Å². The molecule has 2 aromatic heterocycles. The Morgan fingerprint density at radius 1 is 1.31 bits per heavy atom. The molecule has 0 aliphatic heterocycles. The summed E-state index contributed by atoms with van der Waals surface area (Å²) in [6, 6.07) is 10.9. The Morgan fingerprint density at radius 3 is 2.96 bits per heavy atom. The van der Waals surface area contributed by atoms with E-state index in [2.05, 4.69) is 10.3 Å². The van der Waals surface area contributed by atoms with E-state index >= 15 is 0 Å². The molecule has 6 nitrogen and oxygen atoms in total. The SMILES string of the molecule is CCCOc1ccccc1/C=C/C(=O)NCc1cn2cccc(O)c2n1. The molecule has 2 heterocycles. The number of carbonyl (C=O) groups excluding carboxylic acids is 1. The summed E-state index contributed by atoms with van der Waals surface area (Å²) in [6.45, 7) is 2.96. The number of aromatic nitrogens is 2. The van der Waals surface area contributed by atoms with Crippen molar-refractivity contribution in [2.24, 2.45) is 0 Å². The number of ether oxygens (including phenoxy) is 1. The van der Waals surface area contributed by atoms with Gasteiger partial charge in [-0.25, -0.2) is 4.98 Å². The predicted octanol–water partition coefficient (Wildman–Crippen LogP) is 3.16. The molecule has 0 saturated heterocycles. The molecule has 0 spiro atoms. The molecule has 0 saturated carbocycles. The maximum absolute atomic E-state index is 12.1. The fourth-order valence-electron chi connectivity index (χ4n) is 2.50. The zero-order chi connectivity index (χ0) is 18.4. The van der Waals surface area contributed by atoms with Crippen molar-refractivity contribution in [2.45, 2.75) is 19.9 Å². The summed E-state index contributed by atoms with van der Waals surface area (Å²) in [5.41, 5.74) is 1.99. The fraction of sp³-hybridized carbons (Fsp3) is 0.200. The molecule has 0 radical (unpaired) electrons. The molecule has 3 aromatic rings. The molecule has 0 unspecified atom stereocenters. The number of rotatable bonds is 7. The van der Waals surface area contributed by atoms with Crippen LogP contribution in [0.5, 0.6) is 11.5 Å². The van der Waals surface area contributed by atoms with Crippen LogP contribution >= 0.6 is 0 Å². The number of nitrogens with one attached hydrogen (secondary N) is 1. The highest BCUT2D eigenvalue weighted by Gasteiger charge is 2.06. The molecule has 0 aliphatic rings. The van der Waals surface area contributed by atoms with Gasteiger partial charge in [0, 0.05) is 24.0 Å². The lowest BCUT2D eigenvalue weighted by atomic mass is 10.2. The van der Waals surface area contributed by atoms with Crippen LogP contribution in [0.3, 0.4) is 0 Å². The third-order valence-electron chi connectivity index (χ3n) is 3.75. The lowest BCUT2D eigenvalue weighted by molar-refractivity contribution is -0.116. The van der Waals surface area contributed by atoms with Crippen LogP contribution in [0.25, 0.3) is 11.7 Å². The third kappa shape index (κ3) is 4.22. The number of amides is 1. The van der Waals surface area contributed by atoms with Crippen molar-refractivity contribution in [3.05, 3.63) is 66.1 Å². The smallest absolute Gasteiger partial charge is 0.244 e. The predicted molar refractivity (Wildman–Crippen MR) is 100.0 cm³/mol. The van der Waals surface area contributed by atoms with Crippen LogP contribution in [0.4, 0.5) is 0 Å². The highest BCUT2D eigenvalue weighted by atomic mass is 16.5. The van der Waals surface area contributed by atoms with Gasteiger partial charge in [0.2, 0.25) is 5.91 Å².